The van der Waals surface area contributed by atoms with Gasteiger partial charge >= 0.3 is 4.87 Å². The number of carbonyl (C=O) groups excluding carboxylic acids is 3. The fourth-order valence-corrected chi connectivity index (χ4v) is 8.05. The SMILES string of the molecule is COc1ccc(NC(=O)Cn2c3c(sc2=O)[C@@H](c2ccc(F)cc2)[C@@H]2C(=O)N(c4ccc([N+](=O)[O-])cc4)C(=O)[C@@H]2S3)cc1. The molecule has 3 heterocycles. The fourth-order valence-electron chi connectivity index (χ4n) is 5.28. The van der Waals surface area contributed by atoms with E-state index in [0.717, 1.165) is 28.0 Å². The number of methoxy groups -OCH3 is 1. The molecule has 3 amide bonds. The maximum atomic E-state index is 13.9. The fraction of sp³-hybridized carbons (Fsp3) is 0.172. The molecule has 6 rings (SSSR count). The number of nitrogens with one attached hydrogen (secondary N) is 1. The second kappa shape index (κ2) is 11.1. The Labute approximate surface area is 251 Å². The molecule has 218 valence electrons. The molecule has 0 spiro atoms. The zero-order chi connectivity index (χ0) is 30.4. The van der Waals surface area contributed by atoms with Crippen molar-refractivity contribution in [3.05, 3.63) is 109 Å². The minimum atomic E-state index is -0.963. The molecule has 43 heavy (non-hydrogen) atoms. The van der Waals surface area contributed by atoms with Crippen LogP contribution in [0.5, 0.6) is 5.75 Å². The van der Waals surface area contributed by atoms with Crippen molar-refractivity contribution >= 4 is 57.9 Å². The summed E-state index contributed by atoms with van der Waals surface area (Å²) in [5.41, 5.74) is 1.00. The van der Waals surface area contributed by atoms with Gasteiger partial charge in [0, 0.05) is 28.6 Å². The number of amides is 3. The second-order valence-corrected chi connectivity index (χ2v) is 11.9. The van der Waals surface area contributed by atoms with E-state index in [9.17, 15) is 33.7 Å². The van der Waals surface area contributed by atoms with Crippen LogP contribution >= 0.6 is 23.1 Å². The van der Waals surface area contributed by atoms with Gasteiger partial charge in [0.2, 0.25) is 17.7 Å². The van der Waals surface area contributed by atoms with E-state index < -0.39 is 50.4 Å². The number of thiazole rings is 1. The monoisotopic (exact) mass is 620 g/mol. The molecule has 0 aliphatic carbocycles. The lowest BCUT2D eigenvalue weighted by Gasteiger charge is -2.30. The Morgan fingerprint density at radius 3 is 2.30 bits per heavy atom. The highest BCUT2D eigenvalue weighted by atomic mass is 32.2. The van der Waals surface area contributed by atoms with Gasteiger partial charge in [0.05, 0.1) is 28.7 Å². The number of anilines is 2. The Bertz CT molecular complexity index is 1820. The molecule has 0 bridgehead atoms. The first-order valence-corrected chi connectivity index (χ1v) is 14.6. The van der Waals surface area contributed by atoms with Gasteiger partial charge in [-0.25, -0.2) is 9.29 Å². The number of rotatable bonds is 7. The van der Waals surface area contributed by atoms with Gasteiger partial charge in [0.15, 0.2) is 0 Å². The highest BCUT2D eigenvalue weighted by Crippen LogP contribution is 2.53. The molecule has 1 aromatic heterocycles. The third-order valence-corrected chi connectivity index (χ3v) is 9.88. The zero-order valence-corrected chi connectivity index (χ0v) is 23.9. The van der Waals surface area contributed by atoms with Crippen LogP contribution in [-0.4, -0.2) is 39.6 Å². The van der Waals surface area contributed by atoms with Crippen molar-refractivity contribution in [1.82, 2.24) is 4.57 Å². The maximum absolute atomic E-state index is 13.9. The minimum Gasteiger partial charge on any atom is -0.497 e. The normalized spacial score (nSPS) is 19.1. The number of nitro benzene ring substituents is 1. The quantitative estimate of drug-likeness (QED) is 0.182. The molecule has 0 unspecified atom stereocenters. The number of non-ortho nitro benzene ring substituents is 1. The minimum absolute atomic E-state index is 0.174. The summed E-state index contributed by atoms with van der Waals surface area (Å²) in [5.74, 6) is -3.17. The number of benzene rings is 3. The third-order valence-electron chi connectivity index (χ3n) is 7.27. The number of halogens is 1. The van der Waals surface area contributed by atoms with E-state index in [2.05, 4.69) is 5.32 Å². The standard InChI is InChI=1S/C29H21FN4O7S2/c1-41-20-12-6-17(7-13-20)31-21(35)14-32-28-25(43-29(32)38)22(15-2-4-16(30)5-3-15)23-24(42-28)27(37)33(26(23)36)18-8-10-19(11-9-18)34(39)40/h2-13,22-24H,14H2,1H3,(H,31,35)/t22-,23-,24+/m0/s1. The molecule has 2 aliphatic rings. The Kier molecular flexibility index (Phi) is 7.31. The second-order valence-electron chi connectivity index (χ2n) is 9.78. The number of nitro groups is 1. The summed E-state index contributed by atoms with van der Waals surface area (Å²) in [7, 11) is 1.52. The van der Waals surface area contributed by atoms with Crippen molar-refractivity contribution < 1.29 is 28.4 Å². The molecule has 1 saturated heterocycles. The Balaban J connectivity index is 1.37. The molecule has 3 atom stereocenters. The molecule has 11 nitrogen and oxygen atoms in total. The summed E-state index contributed by atoms with van der Waals surface area (Å²) < 4.78 is 20.3. The van der Waals surface area contributed by atoms with Crippen LogP contribution < -0.4 is 19.8 Å². The van der Waals surface area contributed by atoms with Gasteiger partial charge in [-0.05, 0) is 54.1 Å². The van der Waals surface area contributed by atoms with Crippen molar-refractivity contribution in [3.8, 4) is 5.75 Å². The number of nitrogens with zero attached hydrogens (tertiary/aromatic N) is 3. The smallest absolute Gasteiger partial charge is 0.308 e. The lowest BCUT2D eigenvalue weighted by atomic mass is 9.83. The van der Waals surface area contributed by atoms with Gasteiger partial charge in [-0.1, -0.05) is 35.2 Å². The first-order chi connectivity index (χ1) is 20.7. The van der Waals surface area contributed by atoms with Crippen molar-refractivity contribution in [1.29, 1.82) is 0 Å². The van der Waals surface area contributed by atoms with Crippen molar-refractivity contribution in [2.45, 2.75) is 22.7 Å². The van der Waals surface area contributed by atoms with E-state index in [1.165, 1.54) is 60.2 Å². The van der Waals surface area contributed by atoms with E-state index in [4.69, 9.17) is 4.74 Å². The highest BCUT2D eigenvalue weighted by Gasteiger charge is 2.56. The molecule has 1 N–H and O–H groups in total. The van der Waals surface area contributed by atoms with Gasteiger partial charge in [0.1, 0.15) is 23.4 Å². The van der Waals surface area contributed by atoms with Gasteiger partial charge < -0.3 is 10.1 Å². The Morgan fingerprint density at radius 2 is 1.67 bits per heavy atom. The Morgan fingerprint density at radius 1 is 1.00 bits per heavy atom. The molecule has 1 fully saturated rings. The molecule has 3 aromatic carbocycles. The predicted molar refractivity (Wildman–Crippen MR) is 157 cm³/mol. The van der Waals surface area contributed by atoms with Crippen molar-refractivity contribution in [3.63, 3.8) is 0 Å². The van der Waals surface area contributed by atoms with Crippen LogP contribution in [0.1, 0.15) is 16.4 Å². The predicted octanol–water partition coefficient (Wildman–Crippen LogP) is 4.40. The van der Waals surface area contributed by atoms with Gasteiger partial charge in [0.25, 0.3) is 5.69 Å². The van der Waals surface area contributed by atoms with Crippen molar-refractivity contribution in [2.75, 3.05) is 17.3 Å². The number of ether oxygens (including phenoxy) is 1. The van der Waals surface area contributed by atoms with E-state index in [-0.39, 0.29) is 17.9 Å². The summed E-state index contributed by atoms with van der Waals surface area (Å²) in [4.78, 5) is 65.5. The number of imide groups is 1. The summed E-state index contributed by atoms with van der Waals surface area (Å²) in [5, 5.41) is 13.3. The van der Waals surface area contributed by atoms with Crippen LogP contribution in [-0.2, 0) is 20.9 Å². The summed E-state index contributed by atoms with van der Waals surface area (Å²) >= 11 is 1.90. The Hall–Kier alpha value is -4.82. The first kappa shape index (κ1) is 28.3. The molecule has 4 aromatic rings. The van der Waals surface area contributed by atoms with Gasteiger partial charge in [-0.2, -0.15) is 0 Å². The zero-order valence-electron chi connectivity index (χ0n) is 22.3. The third kappa shape index (κ3) is 5.08. The van der Waals surface area contributed by atoms with Crippen LogP contribution in [0.4, 0.5) is 21.5 Å². The van der Waals surface area contributed by atoms with Crippen LogP contribution in [0, 0.1) is 21.8 Å². The lowest BCUT2D eigenvalue weighted by Crippen LogP contribution is -2.33. The average molecular weight is 621 g/mol. The first-order valence-electron chi connectivity index (χ1n) is 12.9. The molecular formula is C29H21FN4O7S2. The number of hydrogen-bond donors (Lipinski definition) is 1. The highest BCUT2D eigenvalue weighted by molar-refractivity contribution is 8.00. The van der Waals surface area contributed by atoms with E-state index >= 15 is 0 Å². The van der Waals surface area contributed by atoms with Crippen LogP contribution in [0.2, 0.25) is 0 Å². The number of carbonyl (C=O) groups is 3. The van der Waals surface area contributed by atoms with E-state index in [0.29, 0.717) is 26.9 Å². The number of thioether (sulfide) groups is 1. The molecule has 0 saturated carbocycles. The topological polar surface area (TPSA) is 141 Å². The van der Waals surface area contributed by atoms with E-state index in [1.807, 2.05) is 0 Å². The average Bonchev–Trinajstić information content (AvgIpc) is 3.44. The summed E-state index contributed by atoms with van der Waals surface area (Å²) in [6.45, 7) is -0.342. The van der Waals surface area contributed by atoms with Crippen molar-refractivity contribution in [2.24, 2.45) is 5.92 Å². The maximum Gasteiger partial charge on any atom is 0.308 e. The largest absolute Gasteiger partial charge is 0.497 e. The lowest BCUT2D eigenvalue weighted by molar-refractivity contribution is -0.384. The summed E-state index contributed by atoms with van der Waals surface area (Å²) in [6, 6.07) is 17.2. The van der Waals surface area contributed by atoms with Gasteiger partial charge in [-0.3, -0.25) is 33.9 Å². The number of aromatic nitrogens is 1. The summed E-state index contributed by atoms with van der Waals surface area (Å²) in [6.07, 6.45) is 0. The molecule has 14 heteroatoms. The van der Waals surface area contributed by atoms with Crippen LogP contribution in [0.15, 0.2) is 82.6 Å². The van der Waals surface area contributed by atoms with Crippen LogP contribution in [0.25, 0.3) is 0 Å². The number of hydrogen-bond acceptors (Lipinski definition) is 9. The number of fused-ring (bicyclic) bond motifs is 2. The van der Waals surface area contributed by atoms with Gasteiger partial charge in [-0.15, -0.1) is 0 Å². The van der Waals surface area contributed by atoms with E-state index in [1.54, 1.807) is 24.3 Å². The van der Waals surface area contributed by atoms with Crippen LogP contribution in [0.3, 0.4) is 0 Å². The molecular weight excluding hydrogens is 599 g/mol. The molecule has 0 radical (unpaired) electrons. The molecule has 2 aliphatic heterocycles.